The number of anilines is 1. The van der Waals surface area contributed by atoms with E-state index in [1.54, 1.807) is 31.2 Å². The molecule has 0 unspecified atom stereocenters. The van der Waals surface area contributed by atoms with Crippen LogP contribution in [0.25, 0.3) is 0 Å². The summed E-state index contributed by atoms with van der Waals surface area (Å²) in [5.41, 5.74) is 0.268. The van der Waals surface area contributed by atoms with E-state index in [1.807, 2.05) is 0 Å². The molecule has 0 aliphatic heterocycles. The third-order valence-corrected chi connectivity index (χ3v) is 5.11. The van der Waals surface area contributed by atoms with Gasteiger partial charge in [-0.15, -0.1) is 0 Å². The Morgan fingerprint density at radius 1 is 1.08 bits per heavy atom. The molecular formula is C16H14BrF2NO4S. The van der Waals surface area contributed by atoms with Crippen molar-refractivity contribution in [3.63, 3.8) is 0 Å². The van der Waals surface area contributed by atoms with Crippen molar-refractivity contribution in [2.45, 2.75) is 23.7 Å². The van der Waals surface area contributed by atoms with Crippen LogP contribution in [0.4, 0.5) is 14.5 Å². The molecule has 0 spiro atoms. The van der Waals surface area contributed by atoms with Crippen LogP contribution < -0.4 is 10.1 Å². The first-order valence-corrected chi connectivity index (χ1v) is 9.39. The van der Waals surface area contributed by atoms with Crippen LogP contribution in [-0.2, 0) is 14.6 Å². The molecule has 0 aliphatic rings. The highest BCUT2D eigenvalue weighted by Crippen LogP contribution is 2.21. The zero-order valence-electron chi connectivity index (χ0n) is 12.9. The quantitative estimate of drug-likeness (QED) is 0.750. The first kappa shape index (κ1) is 19.3. The highest BCUT2D eigenvalue weighted by atomic mass is 79.9. The summed E-state index contributed by atoms with van der Waals surface area (Å²) in [4.78, 5) is 11.6. The minimum absolute atomic E-state index is 0.268. The molecule has 2 aromatic rings. The van der Waals surface area contributed by atoms with Crippen LogP contribution in [0.5, 0.6) is 5.75 Å². The molecule has 25 heavy (non-hydrogen) atoms. The van der Waals surface area contributed by atoms with Crippen LogP contribution in [0.2, 0.25) is 0 Å². The van der Waals surface area contributed by atoms with E-state index in [4.69, 9.17) is 4.74 Å². The van der Waals surface area contributed by atoms with Gasteiger partial charge < -0.3 is 10.1 Å². The van der Waals surface area contributed by atoms with Crippen molar-refractivity contribution in [1.29, 1.82) is 0 Å². The molecule has 0 saturated heterocycles. The molecule has 0 saturated carbocycles. The summed E-state index contributed by atoms with van der Waals surface area (Å²) >= 11 is 3.29. The van der Waals surface area contributed by atoms with Gasteiger partial charge >= 0.3 is 5.76 Å². The fourth-order valence-electron chi connectivity index (χ4n) is 1.85. The molecule has 0 bridgehead atoms. The summed E-state index contributed by atoms with van der Waals surface area (Å²) < 4.78 is 54.0. The number of carbonyl (C=O) groups is 1. The Kier molecular flexibility index (Phi) is 6.12. The van der Waals surface area contributed by atoms with Gasteiger partial charge in [0.1, 0.15) is 5.75 Å². The van der Waals surface area contributed by atoms with E-state index in [1.165, 1.54) is 12.1 Å². The number of hydrogen-bond acceptors (Lipinski definition) is 4. The van der Waals surface area contributed by atoms with E-state index >= 15 is 0 Å². The lowest BCUT2D eigenvalue weighted by Crippen LogP contribution is -2.30. The van der Waals surface area contributed by atoms with Gasteiger partial charge in [-0.25, -0.2) is 8.42 Å². The molecule has 0 heterocycles. The average Bonchev–Trinajstić information content (AvgIpc) is 2.57. The molecule has 1 atom stereocenters. The molecule has 0 fully saturated rings. The van der Waals surface area contributed by atoms with Gasteiger partial charge in [0.25, 0.3) is 5.91 Å². The Balaban J connectivity index is 2.01. The fraction of sp³-hybridized carbons (Fsp3) is 0.188. The van der Waals surface area contributed by atoms with Crippen molar-refractivity contribution in [2.75, 3.05) is 5.32 Å². The molecule has 1 N–H and O–H groups in total. The molecule has 134 valence electrons. The summed E-state index contributed by atoms with van der Waals surface area (Å²) in [6.07, 6.45) is -0.814. The van der Waals surface area contributed by atoms with Gasteiger partial charge in [0.15, 0.2) is 6.10 Å². The van der Waals surface area contributed by atoms with Crippen LogP contribution in [0.15, 0.2) is 57.9 Å². The van der Waals surface area contributed by atoms with E-state index < -0.39 is 32.5 Å². The smallest absolute Gasteiger partial charge is 0.341 e. The van der Waals surface area contributed by atoms with E-state index in [-0.39, 0.29) is 5.69 Å². The van der Waals surface area contributed by atoms with Crippen molar-refractivity contribution >= 4 is 37.4 Å². The molecule has 0 aliphatic carbocycles. The van der Waals surface area contributed by atoms with Crippen molar-refractivity contribution in [3.05, 3.63) is 53.0 Å². The van der Waals surface area contributed by atoms with E-state index in [2.05, 4.69) is 21.2 Å². The predicted octanol–water partition coefficient (Wildman–Crippen LogP) is 3.85. The van der Waals surface area contributed by atoms with Gasteiger partial charge in [-0.2, -0.15) is 8.78 Å². The number of halogens is 3. The summed E-state index contributed by atoms with van der Waals surface area (Å²) in [5.74, 6) is -3.45. The Morgan fingerprint density at radius 2 is 1.64 bits per heavy atom. The second-order valence-electron chi connectivity index (χ2n) is 5.03. The lowest BCUT2D eigenvalue weighted by molar-refractivity contribution is -0.122. The zero-order valence-corrected chi connectivity index (χ0v) is 15.4. The Morgan fingerprint density at radius 3 is 2.16 bits per heavy atom. The maximum atomic E-state index is 12.5. The Bertz CT molecular complexity index is 839. The number of alkyl halides is 2. The van der Waals surface area contributed by atoms with Crippen LogP contribution in [0.3, 0.4) is 0 Å². The minimum Gasteiger partial charge on any atom is -0.481 e. The van der Waals surface area contributed by atoms with Gasteiger partial charge in [0, 0.05) is 10.2 Å². The average molecular weight is 434 g/mol. The second kappa shape index (κ2) is 7.92. The Labute approximate surface area is 152 Å². The lowest BCUT2D eigenvalue weighted by Gasteiger charge is -2.15. The highest BCUT2D eigenvalue weighted by molar-refractivity contribution is 9.10. The van der Waals surface area contributed by atoms with Crippen molar-refractivity contribution in [3.8, 4) is 5.75 Å². The lowest BCUT2D eigenvalue weighted by atomic mass is 10.3. The topological polar surface area (TPSA) is 72.5 Å². The zero-order chi connectivity index (χ0) is 18.6. The van der Waals surface area contributed by atoms with Gasteiger partial charge in [-0.3, -0.25) is 4.79 Å². The summed E-state index contributed by atoms with van der Waals surface area (Å²) in [7, 11) is -4.66. The van der Waals surface area contributed by atoms with Gasteiger partial charge in [-0.05, 0) is 55.5 Å². The first-order valence-electron chi connectivity index (χ1n) is 7.05. The standard InChI is InChI=1S/C16H14BrF2NO4S/c1-10(24-13-6-2-11(17)3-7-13)15(21)20-12-4-8-14(9-5-12)25(22,23)16(18)19/h2-10,16H,1H3,(H,20,21)/t10-/m0/s1. The third kappa shape index (κ3) is 4.99. The monoisotopic (exact) mass is 433 g/mol. The van der Waals surface area contributed by atoms with Crippen LogP contribution in [0.1, 0.15) is 6.92 Å². The number of sulfone groups is 1. The third-order valence-electron chi connectivity index (χ3n) is 3.18. The number of amides is 1. The van der Waals surface area contributed by atoms with Crippen molar-refractivity contribution in [2.24, 2.45) is 0 Å². The summed E-state index contributed by atoms with van der Waals surface area (Å²) in [5, 5.41) is 2.53. The normalized spacial score (nSPS) is 12.7. The second-order valence-corrected chi connectivity index (χ2v) is 7.87. The number of nitrogens with one attached hydrogen (secondary N) is 1. The minimum atomic E-state index is -4.66. The summed E-state index contributed by atoms with van der Waals surface area (Å²) in [6.45, 7) is 1.55. The molecule has 0 aromatic heterocycles. The molecule has 9 heteroatoms. The Hall–Kier alpha value is -2.00. The number of rotatable bonds is 6. The number of ether oxygens (including phenoxy) is 1. The van der Waals surface area contributed by atoms with Crippen molar-refractivity contribution in [1.82, 2.24) is 0 Å². The number of hydrogen-bond donors (Lipinski definition) is 1. The number of carbonyl (C=O) groups excluding carboxylic acids is 1. The molecule has 2 rings (SSSR count). The molecule has 2 aromatic carbocycles. The first-order chi connectivity index (χ1) is 11.7. The van der Waals surface area contributed by atoms with Crippen LogP contribution in [0, 0.1) is 0 Å². The van der Waals surface area contributed by atoms with Crippen LogP contribution >= 0.6 is 15.9 Å². The van der Waals surface area contributed by atoms with Crippen LogP contribution in [-0.4, -0.2) is 26.2 Å². The number of benzene rings is 2. The molecule has 5 nitrogen and oxygen atoms in total. The fourth-order valence-corrected chi connectivity index (χ4v) is 2.83. The van der Waals surface area contributed by atoms with Crippen molar-refractivity contribution < 1.29 is 26.7 Å². The maximum absolute atomic E-state index is 12.5. The van der Waals surface area contributed by atoms with E-state index in [0.717, 1.165) is 16.6 Å². The molecule has 0 radical (unpaired) electrons. The molecule has 1 amide bonds. The summed E-state index contributed by atoms with van der Waals surface area (Å²) in [6, 6.07) is 11.4. The predicted molar refractivity (Wildman–Crippen MR) is 92.5 cm³/mol. The molecular weight excluding hydrogens is 420 g/mol. The highest BCUT2D eigenvalue weighted by Gasteiger charge is 2.26. The SMILES string of the molecule is C[C@H](Oc1ccc(Br)cc1)C(=O)Nc1ccc(S(=O)(=O)C(F)F)cc1. The van der Waals surface area contributed by atoms with E-state index in [9.17, 15) is 22.0 Å². The maximum Gasteiger partial charge on any atom is 0.341 e. The van der Waals surface area contributed by atoms with Gasteiger partial charge in [0.2, 0.25) is 9.84 Å². The largest absolute Gasteiger partial charge is 0.481 e. The van der Waals surface area contributed by atoms with E-state index in [0.29, 0.717) is 5.75 Å². The van der Waals surface area contributed by atoms with Gasteiger partial charge in [-0.1, -0.05) is 15.9 Å². The van der Waals surface area contributed by atoms with Gasteiger partial charge in [0.05, 0.1) is 4.90 Å².